The minimum Gasteiger partial charge on any atom is -0.314 e. The van der Waals surface area contributed by atoms with Crippen LogP contribution in [-0.4, -0.2) is 32.5 Å². The molecule has 1 fully saturated rings. The lowest BCUT2D eigenvalue weighted by molar-refractivity contribution is 0.273. The molecule has 0 radical (unpaired) electrons. The largest absolute Gasteiger partial charge is 0.314 e. The molecule has 0 aliphatic carbocycles. The van der Waals surface area contributed by atoms with Crippen LogP contribution >= 0.6 is 0 Å². The Bertz CT molecular complexity index is 311. The molecule has 0 bridgehead atoms. The van der Waals surface area contributed by atoms with Gasteiger partial charge in [-0.2, -0.15) is 0 Å². The summed E-state index contributed by atoms with van der Waals surface area (Å²) in [5.41, 5.74) is 0.0130. The molecule has 96 valence electrons. The van der Waals surface area contributed by atoms with Crippen LogP contribution in [-0.2, 0) is 9.84 Å². The van der Waals surface area contributed by atoms with E-state index in [4.69, 9.17) is 0 Å². The molecule has 4 heteroatoms. The quantitative estimate of drug-likeness (QED) is 0.780. The third-order valence-electron chi connectivity index (χ3n) is 3.42. The van der Waals surface area contributed by atoms with Crippen molar-refractivity contribution >= 4 is 9.84 Å². The SMILES string of the molecule is CCCCC1(CNC(C)C)CCS(=O)(=O)C1. The van der Waals surface area contributed by atoms with E-state index in [0.29, 0.717) is 17.5 Å². The lowest BCUT2D eigenvalue weighted by Crippen LogP contribution is -2.38. The van der Waals surface area contributed by atoms with Crippen LogP contribution in [0.5, 0.6) is 0 Å². The summed E-state index contributed by atoms with van der Waals surface area (Å²) in [6.07, 6.45) is 4.16. The summed E-state index contributed by atoms with van der Waals surface area (Å²) >= 11 is 0. The number of sulfone groups is 1. The lowest BCUT2D eigenvalue weighted by Gasteiger charge is -2.29. The van der Waals surface area contributed by atoms with Crippen molar-refractivity contribution in [1.82, 2.24) is 5.32 Å². The molecule has 0 amide bonds. The number of hydrogen-bond donors (Lipinski definition) is 1. The van der Waals surface area contributed by atoms with Crippen LogP contribution in [0.25, 0.3) is 0 Å². The Balaban J connectivity index is 2.63. The van der Waals surface area contributed by atoms with Crippen LogP contribution in [0.1, 0.15) is 46.5 Å². The van der Waals surface area contributed by atoms with Crippen molar-refractivity contribution < 1.29 is 8.42 Å². The second kappa shape index (κ2) is 5.50. The molecule has 0 aromatic heterocycles. The fraction of sp³-hybridized carbons (Fsp3) is 1.00. The zero-order valence-corrected chi connectivity index (χ0v) is 11.6. The van der Waals surface area contributed by atoms with E-state index in [1.165, 1.54) is 0 Å². The van der Waals surface area contributed by atoms with Crippen LogP contribution in [0.15, 0.2) is 0 Å². The molecule has 0 spiro atoms. The maximum atomic E-state index is 11.6. The van der Waals surface area contributed by atoms with Crippen molar-refractivity contribution in [2.24, 2.45) is 5.41 Å². The van der Waals surface area contributed by atoms with Gasteiger partial charge < -0.3 is 5.32 Å². The van der Waals surface area contributed by atoms with E-state index in [2.05, 4.69) is 26.1 Å². The van der Waals surface area contributed by atoms with E-state index < -0.39 is 9.84 Å². The highest BCUT2D eigenvalue weighted by Crippen LogP contribution is 2.36. The maximum Gasteiger partial charge on any atom is 0.150 e. The number of nitrogens with one attached hydrogen (secondary N) is 1. The zero-order chi connectivity index (χ0) is 12.2. The average Bonchev–Trinajstić information content (AvgIpc) is 2.50. The van der Waals surface area contributed by atoms with Crippen molar-refractivity contribution in [3.8, 4) is 0 Å². The molecule has 16 heavy (non-hydrogen) atoms. The van der Waals surface area contributed by atoms with Crippen LogP contribution in [0.4, 0.5) is 0 Å². The Kier molecular flexibility index (Phi) is 4.80. The van der Waals surface area contributed by atoms with Gasteiger partial charge in [0.2, 0.25) is 0 Å². The molecule has 1 heterocycles. The van der Waals surface area contributed by atoms with E-state index in [-0.39, 0.29) is 5.41 Å². The number of hydrogen-bond acceptors (Lipinski definition) is 3. The first-order valence-electron chi connectivity index (χ1n) is 6.33. The Morgan fingerprint density at radius 3 is 2.50 bits per heavy atom. The standard InChI is InChI=1S/C12H25NO2S/c1-4-5-6-12(9-13-11(2)3)7-8-16(14,15)10-12/h11,13H,4-10H2,1-3H3. The molecular formula is C12H25NO2S. The van der Waals surface area contributed by atoms with Gasteiger partial charge in [-0.05, 0) is 18.3 Å². The van der Waals surface area contributed by atoms with Gasteiger partial charge in [0.25, 0.3) is 0 Å². The van der Waals surface area contributed by atoms with Gasteiger partial charge in [0.15, 0.2) is 9.84 Å². The first-order chi connectivity index (χ1) is 7.39. The van der Waals surface area contributed by atoms with E-state index in [1.54, 1.807) is 0 Å². The predicted molar refractivity (Wildman–Crippen MR) is 68.4 cm³/mol. The summed E-state index contributed by atoms with van der Waals surface area (Å²) in [6, 6.07) is 0.432. The monoisotopic (exact) mass is 247 g/mol. The van der Waals surface area contributed by atoms with Crippen molar-refractivity contribution in [1.29, 1.82) is 0 Å². The van der Waals surface area contributed by atoms with Gasteiger partial charge in [-0.15, -0.1) is 0 Å². The molecular weight excluding hydrogens is 222 g/mol. The molecule has 3 nitrogen and oxygen atoms in total. The smallest absolute Gasteiger partial charge is 0.150 e. The Morgan fingerprint density at radius 1 is 1.38 bits per heavy atom. The van der Waals surface area contributed by atoms with Crippen LogP contribution < -0.4 is 5.32 Å². The second-order valence-electron chi connectivity index (χ2n) is 5.48. The van der Waals surface area contributed by atoms with Gasteiger partial charge in [0.05, 0.1) is 11.5 Å². The molecule has 1 N–H and O–H groups in total. The highest BCUT2D eigenvalue weighted by atomic mass is 32.2. The van der Waals surface area contributed by atoms with Crippen molar-refractivity contribution in [3.63, 3.8) is 0 Å². The molecule has 1 saturated heterocycles. The fourth-order valence-electron chi connectivity index (χ4n) is 2.38. The molecule has 1 unspecified atom stereocenters. The highest BCUT2D eigenvalue weighted by molar-refractivity contribution is 7.91. The predicted octanol–water partition coefficient (Wildman–Crippen LogP) is 1.98. The first kappa shape index (κ1) is 14.0. The molecule has 1 aliphatic rings. The van der Waals surface area contributed by atoms with Crippen molar-refractivity contribution in [2.75, 3.05) is 18.1 Å². The summed E-state index contributed by atoms with van der Waals surface area (Å²) < 4.78 is 23.3. The minimum absolute atomic E-state index is 0.0130. The molecule has 0 saturated carbocycles. The van der Waals surface area contributed by atoms with E-state index >= 15 is 0 Å². The van der Waals surface area contributed by atoms with Gasteiger partial charge in [0.1, 0.15) is 0 Å². The fourth-order valence-corrected chi connectivity index (χ4v) is 4.59. The third kappa shape index (κ3) is 4.06. The van der Waals surface area contributed by atoms with E-state index in [9.17, 15) is 8.42 Å². The number of rotatable bonds is 6. The first-order valence-corrected chi connectivity index (χ1v) is 8.15. The van der Waals surface area contributed by atoms with Crippen LogP contribution in [0, 0.1) is 5.41 Å². The molecule has 0 aromatic rings. The number of unbranched alkanes of at least 4 members (excludes halogenated alkanes) is 1. The lowest BCUT2D eigenvalue weighted by atomic mass is 9.82. The van der Waals surface area contributed by atoms with Gasteiger partial charge in [-0.1, -0.05) is 33.6 Å². The van der Waals surface area contributed by atoms with Crippen molar-refractivity contribution in [3.05, 3.63) is 0 Å². The molecule has 0 aromatic carbocycles. The Morgan fingerprint density at radius 2 is 2.06 bits per heavy atom. The molecule has 1 rings (SSSR count). The molecule has 1 atom stereocenters. The maximum absolute atomic E-state index is 11.6. The molecule has 1 aliphatic heterocycles. The Labute approximate surface area is 99.9 Å². The third-order valence-corrected chi connectivity index (χ3v) is 5.29. The van der Waals surface area contributed by atoms with Crippen molar-refractivity contribution in [2.45, 2.75) is 52.5 Å². The average molecular weight is 247 g/mol. The van der Waals surface area contributed by atoms with Crippen LogP contribution in [0.2, 0.25) is 0 Å². The minimum atomic E-state index is -2.77. The van der Waals surface area contributed by atoms with Crippen LogP contribution in [0.3, 0.4) is 0 Å². The summed E-state index contributed by atoms with van der Waals surface area (Å²) in [6.45, 7) is 7.23. The van der Waals surface area contributed by atoms with Gasteiger partial charge in [0, 0.05) is 12.6 Å². The Hall–Kier alpha value is -0.0900. The summed E-state index contributed by atoms with van der Waals surface area (Å²) in [5, 5.41) is 3.41. The van der Waals surface area contributed by atoms with E-state index in [0.717, 1.165) is 32.2 Å². The second-order valence-corrected chi connectivity index (χ2v) is 7.67. The summed E-state index contributed by atoms with van der Waals surface area (Å²) in [4.78, 5) is 0. The van der Waals surface area contributed by atoms with E-state index in [1.807, 2.05) is 0 Å². The summed E-state index contributed by atoms with van der Waals surface area (Å²) in [5.74, 6) is 0.774. The normalized spacial score (nSPS) is 28.8. The van der Waals surface area contributed by atoms with Gasteiger partial charge >= 0.3 is 0 Å². The zero-order valence-electron chi connectivity index (χ0n) is 10.8. The van der Waals surface area contributed by atoms with Gasteiger partial charge in [-0.3, -0.25) is 0 Å². The highest BCUT2D eigenvalue weighted by Gasteiger charge is 2.41. The van der Waals surface area contributed by atoms with Gasteiger partial charge in [-0.25, -0.2) is 8.42 Å². The topological polar surface area (TPSA) is 46.2 Å². The summed E-state index contributed by atoms with van der Waals surface area (Å²) in [7, 11) is -2.77.